The summed E-state index contributed by atoms with van der Waals surface area (Å²) in [4.78, 5) is 8.25. The molecule has 0 N–H and O–H groups in total. The summed E-state index contributed by atoms with van der Waals surface area (Å²) >= 11 is 0. The molecule has 0 unspecified atom stereocenters. The molecule has 2 aromatic heterocycles. The summed E-state index contributed by atoms with van der Waals surface area (Å²) in [5.74, 6) is 1.42. The SMILES string of the molecule is C[C-](C)C.Cc1cnc2cc[c-]nc2c1.[Y]. The molecule has 0 saturated carbocycles. The topological polar surface area (TPSA) is 25.8 Å². The van der Waals surface area contributed by atoms with Crippen molar-refractivity contribution in [3.63, 3.8) is 0 Å². The van der Waals surface area contributed by atoms with E-state index in [4.69, 9.17) is 0 Å². The van der Waals surface area contributed by atoms with Gasteiger partial charge >= 0.3 is 0 Å². The van der Waals surface area contributed by atoms with Crippen LogP contribution in [0.5, 0.6) is 0 Å². The van der Waals surface area contributed by atoms with E-state index in [-0.39, 0.29) is 32.7 Å². The number of pyridine rings is 2. The van der Waals surface area contributed by atoms with Crippen LogP contribution in [0.25, 0.3) is 11.0 Å². The Bertz CT molecular complexity index is 424. The van der Waals surface area contributed by atoms with Gasteiger partial charge in [0.2, 0.25) is 0 Å². The van der Waals surface area contributed by atoms with Gasteiger partial charge in [-0.3, -0.25) is 4.98 Å². The third-order valence-corrected chi connectivity index (χ3v) is 1.53. The first kappa shape index (κ1) is 15.7. The van der Waals surface area contributed by atoms with Gasteiger partial charge in [-0.1, -0.05) is 12.3 Å². The monoisotopic (exact) mass is 289 g/mol. The van der Waals surface area contributed by atoms with Crippen molar-refractivity contribution in [2.75, 3.05) is 0 Å². The molecule has 16 heavy (non-hydrogen) atoms. The number of fused-ring (bicyclic) bond motifs is 1. The van der Waals surface area contributed by atoms with Gasteiger partial charge in [0, 0.05) is 38.9 Å². The zero-order chi connectivity index (χ0) is 11.3. The number of hydrogen-bond acceptors (Lipinski definition) is 2. The maximum Gasteiger partial charge on any atom is 0.0269 e. The molecule has 2 heterocycles. The second-order valence-electron chi connectivity index (χ2n) is 3.99. The Morgan fingerprint density at radius 3 is 2.44 bits per heavy atom. The van der Waals surface area contributed by atoms with Crippen molar-refractivity contribution in [3.8, 4) is 0 Å². The number of aryl methyl sites for hydroxylation is 1. The number of rotatable bonds is 0. The van der Waals surface area contributed by atoms with Crippen LogP contribution < -0.4 is 0 Å². The molecule has 0 aliphatic heterocycles. The molecular weight excluding hydrogens is 273 g/mol. The van der Waals surface area contributed by atoms with Gasteiger partial charge in [-0.15, -0.1) is 6.07 Å². The molecule has 2 nitrogen and oxygen atoms in total. The van der Waals surface area contributed by atoms with Crippen LogP contribution in [0, 0.1) is 19.0 Å². The predicted octanol–water partition coefficient (Wildman–Crippen LogP) is 3.36. The first-order valence-corrected chi connectivity index (χ1v) is 4.96. The van der Waals surface area contributed by atoms with Gasteiger partial charge in [0.05, 0.1) is 0 Å². The first-order valence-electron chi connectivity index (χ1n) is 4.96. The third-order valence-electron chi connectivity index (χ3n) is 1.53. The van der Waals surface area contributed by atoms with Crippen molar-refractivity contribution in [2.24, 2.45) is 0 Å². The summed E-state index contributed by atoms with van der Waals surface area (Å²) in [6, 6.07) is 5.67. The average molecular weight is 289 g/mol. The zero-order valence-electron chi connectivity index (χ0n) is 10.3. The normalized spacial score (nSPS) is 9.31. The molecule has 0 saturated heterocycles. The molecule has 2 rings (SSSR count). The maximum atomic E-state index is 4.20. The molecule has 0 aromatic carbocycles. The molecule has 2 aromatic rings. The van der Waals surface area contributed by atoms with Gasteiger partial charge in [-0.05, 0) is 23.5 Å². The van der Waals surface area contributed by atoms with Crippen LogP contribution in [-0.4, -0.2) is 9.97 Å². The van der Waals surface area contributed by atoms with Gasteiger partial charge in [0.25, 0.3) is 0 Å². The summed E-state index contributed by atoms with van der Waals surface area (Å²) in [5, 5.41) is 0. The Morgan fingerprint density at radius 1 is 1.19 bits per heavy atom. The Kier molecular flexibility index (Phi) is 7.69. The van der Waals surface area contributed by atoms with Crippen molar-refractivity contribution in [1.82, 2.24) is 9.97 Å². The summed E-state index contributed by atoms with van der Waals surface area (Å²) in [5.41, 5.74) is 2.96. The average Bonchev–Trinajstić information content (AvgIpc) is 2.16. The molecule has 3 heteroatoms. The van der Waals surface area contributed by atoms with Crippen LogP contribution in [0.2, 0.25) is 0 Å². The summed E-state index contributed by atoms with van der Waals surface area (Å²) in [7, 11) is 0. The van der Waals surface area contributed by atoms with Gasteiger partial charge in [-0.2, -0.15) is 26.8 Å². The standard InChI is InChI=1S/C9H7N2.C4H9.Y/c1-7-5-9-8(11-6-7)3-2-4-10-9;1-4(2)3;/h2-3,5-6H,1H3;1-3H3;/q2*-1;. The van der Waals surface area contributed by atoms with E-state index in [1.54, 1.807) is 6.07 Å². The van der Waals surface area contributed by atoms with Crippen molar-refractivity contribution < 1.29 is 32.7 Å². The number of hydrogen-bond donors (Lipinski definition) is 0. The molecule has 1 radical (unpaired) electrons. The molecule has 0 amide bonds. The fourth-order valence-corrected chi connectivity index (χ4v) is 1.01. The Labute approximate surface area is 123 Å². The second-order valence-corrected chi connectivity index (χ2v) is 3.99. The molecule has 0 fully saturated rings. The van der Waals surface area contributed by atoms with Crippen molar-refractivity contribution >= 4 is 11.0 Å². The van der Waals surface area contributed by atoms with Crippen LogP contribution >= 0.6 is 0 Å². The number of aromatic nitrogens is 2. The molecule has 0 aliphatic carbocycles. The van der Waals surface area contributed by atoms with E-state index in [1.807, 2.05) is 25.3 Å². The summed E-state index contributed by atoms with van der Waals surface area (Å²) in [6.07, 6.45) is 4.61. The smallest absolute Gasteiger partial charge is 0.0269 e. The van der Waals surface area contributed by atoms with Gasteiger partial charge in [0.1, 0.15) is 0 Å². The van der Waals surface area contributed by atoms with Gasteiger partial charge in [0.15, 0.2) is 0 Å². The summed E-state index contributed by atoms with van der Waals surface area (Å²) < 4.78 is 0. The minimum Gasteiger partial charge on any atom is -0.385 e. The predicted molar refractivity (Wildman–Crippen MR) is 63.4 cm³/mol. The van der Waals surface area contributed by atoms with Crippen LogP contribution in [0.1, 0.15) is 26.3 Å². The fourth-order valence-electron chi connectivity index (χ4n) is 1.01. The van der Waals surface area contributed by atoms with Crippen molar-refractivity contribution in [3.05, 3.63) is 42.1 Å². The molecule has 0 bridgehead atoms. The van der Waals surface area contributed by atoms with E-state index in [2.05, 4.69) is 36.9 Å². The van der Waals surface area contributed by atoms with E-state index in [0.29, 0.717) is 0 Å². The quantitative estimate of drug-likeness (QED) is 0.695. The molecule has 0 atom stereocenters. The minimum atomic E-state index is 0. The van der Waals surface area contributed by atoms with E-state index in [0.717, 1.165) is 16.6 Å². The zero-order valence-corrected chi connectivity index (χ0v) is 13.1. The summed E-state index contributed by atoms with van der Waals surface area (Å²) in [6.45, 7) is 8.25. The first-order chi connectivity index (χ1) is 7.09. The molecule has 0 aliphatic rings. The molecule has 0 spiro atoms. The van der Waals surface area contributed by atoms with Crippen LogP contribution in [0.4, 0.5) is 0 Å². The van der Waals surface area contributed by atoms with E-state index >= 15 is 0 Å². The van der Waals surface area contributed by atoms with E-state index in [1.165, 1.54) is 5.92 Å². The van der Waals surface area contributed by atoms with Gasteiger partial charge in [-0.25, -0.2) is 0 Å². The Hall–Kier alpha value is -0.336. The minimum absolute atomic E-state index is 0. The third kappa shape index (κ3) is 5.67. The van der Waals surface area contributed by atoms with Crippen LogP contribution in [0.15, 0.2) is 24.4 Å². The molecular formula is C13H16N2Y-2. The van der Waals surface area contributed by atoms with E-state index < -0.39 is 0 Å². The largest absolute Gasteiger partial charge is 0.385 e. The van der Waals surface area contributed by atoms with E-state index in [9.17, 15) is 0 Å². The Morgan fingerprint density at radius 2 is 1.81 bits per heavy atom. The Balaban J connectivity index is 0.000000397. The van der Waals surface area contributed by atoms with Crippen molar-refractivity contribution in [1.29, 1.82) is 0 Å². The maximum absolute atomic E-state index is 4.20. The van der Waals surface area contributed by atoms with Crippen LogP contribution in [0.3, 0.4) is 0 Å². The van der Waals surface area contributed by atoms with Crippen LogP contribution in [-0.2, 0) is 32.7 Å². The second kappa shape index (κ2) is 7.86. The number of nitrogens with zero attached hydrogens (tertiary/aromatic N) is 2. The van der Waals surface area contributed by atoms with Gasteiger partial charge < -0.3 is 10.9 Å². The van der Waals surface area contributed by atoms with Crippen molar-refractivity contribution in [2.45, 2.75) is 27.7 Å². The fraction of sp³-hybridized carbons (Fsp3) is 0.308. The molecule has 83 valence electrons.